The lowest BCUT2D eigenvalue weighted by Gasteiger charge is -2.26. The second-order valence-corrected chi connectivity index (χ2v) is 6.06. The molecule has 1 fully saturated rings. The first kappa shape index (κ1) is 15.9. The Balaban J connectivity index is 1.56. The van der Waals surface area contributed by atoms with Crippen LogP contribution >= 0.6 is 11.6 Å². The number of ether oxygens (including phenoxy) is 2. The minimum Gasteiger partial charge on any atom is -0.486 e. The molecule has 1 N–H and O–H groups in total. The number of hydrogen-bond acceptors (Lipinski definition) is 4. The van der Waals surface area contributed by atoms with E-state index in [2.05, 4.69) is 5.32 Å². The minimum absolute atomic E-state index is 0.0498. The molecule has 2 aliphatic rings. The van der Waals surface area contributed by atoms with Crippen LogP contribution in [-0.2, 0) is 16.1 Å². The monoisotopic (exact) mass is 338 g/mol. The van der Waals surface area contributed by atoms with Crippen molar-refractivity contribution in [1.82, 2.24) is 10.2 Å². The number of hydrogen-bond donors (Lipinski definition) is 1. The van der Waals surface area contributed by atoms with Gasteiger partial charge in [0.25, 0.3) is 0 Å². The van der Waals surface area contributed by atoms with Gasteiger partial charge in [0.2, 0.25) is 11.8 Å². The van der Waals surface area contributed by atoms with Crippen LogP contribution in [0.15, 0.2) is 12.1 Å². The first-order valence-corrected chi connectivity index (χ1v) is 8.14. The van der Waals surface area contributed by atoms with E-state index < -0.39 is 0 Å². The molecule has 1 aromatic rings. The number of carbonyl (C=O) groups is 2. The highest BCUT2D eigenvalue weighted by molar-refractivity contribution is 6.32. The van der Waals surface area contributed by atoms with E-state index in [-0.39, 0.29) is 18.4 Å². The number of rotatable bonds is 4. The first-order valence-electron chi connectivity index (χ1n) is 7.76. The van der Waals surface area contributed by atoms with Gasteiger partial charge in [-0.3, -0.25) is 9.59 Å². The van der Waals surface area contributed by atoms with Crippen molar-refractivity contribution in [2.45, 2.75) is 25.8 Å². The first-order chi connectivity index (χ1) is 11.1. The molecule has 0 bridgehead atoms. The molecule has 2 heterocycles. The van der Waals surface area contributed by atoms with E-state index in [1.54, 1.807) is 11.0 Å². The van der Waals surface area contributed by atoms with Crippen LogP contribution in [0.5, 0.6) is 11.5 Å². The van der Waals surface area contributed by atoms with Crippen LogP contribution in [0.2, 0.25) is 5.02 Å². The molecule has 1 saturated heterocycles. The summed E-state index contributed by atoms with van der Waals surface area (Å²) in [7, 11) is 0. The Hall–Kier alpha value is -1.95. The number of nitrogens with zero attached hydrogens (tertiary/aromatic N) is 1. The summed E-state index contributed by atoms with van der Waals surface area (Å²) in [6.07, 6.45) is 2.40. The number of fused-ring (bicyclic) bond motifs is 1. The van der Waals surface area contributed by atoms with Crippen molar-refractivity contribution in [2.75, 3.05) is 26.3 Å². The van der Waals surface area contributed by atoms with Gasteiger partial charge < -0.3 is 19.7 Å². The lowest BCUT2D eigenvalue weighted by molar-refractivity contribution is -0.137. The summed E-state index contributed by atoms with van der Waals surface area (Å²) in [5, 5.41) is 3.28. The highest BCUT2D eigenvalue weighted by Crippen LogP contribution is 2.38. The summed E-state index contributed by atoms with van der Waals surface area (Å²) in [5.74, 6) is 1.02. The highest BCUT2D eigenvalue weighted by Gasteiger charge is 2.21. The van der Waals surface area contributed by atoms with E-state index in [1.165, 1.54) is 0 Å². The largest absolute Gasteiger partial charge is 0.486 e. The van der Waals surface area contributed by atoms with Gasteiger partial charge in [-0.05, 0) is 30.5 Å². The number of amides is 2. The molecule has 0 aliphatic carbocycles. The van der Waals surface area contributed by atoms with Gasteiger partial charge in [-0.15, -0.1) is 0 Å². The summed E-state index contributed by atoms with van der Waals surface area (Å²) in [5.41, 5.74) is 0.831. The van der Waals surface area contributed by atoms with Gasteiger partial charge in [-0.1, -0.05) is 11.6 Å². The molecule has 0 aromatic heterocycles. The topological polar surface area (TPSA) is 67.9 Å². The molecule has 1 aromatic carbocycles. The number of halogens is 1. The Morgan fingerprint density at radius 3 is 2.91 bits per heavy atom. The van der Waals surface area contributed by atoms with Gasteiger partial charge in [-0.2, -0.15) is 0 Å². The Kier molecular flexibility index (Phi) is 4.91. The lowest BCUT2D eigenvalue weighted by atomic mass is 10.1. The van der Waals surface area contributed by atoms with Crippen molar-refractivity contribution in [3.05, 3.63) is 22.7 Å². The zero-order valence-corrected chi connectivity index (χ0v) is 13.5. The van der Waals surface area contributed by atoms with Gasteiger partial charge in [0.05, 0.1) is 11.6 Å². The zero-order valence-electron chi connectivity index (χ0n) is 12.8. The number of nitrogens with one attached hydrogen (secondary N) is 1. The van der Waals surface area contributed by atoms with Crippen LogP contribution in [0.1, 0.15) is 24.8 Å². The summed E-state index contributed by atoms with van der Waals surface area (Å²) in [6.45, 7) is 2.05. The summed E-state index contributed by atoms with van der Waals surface area (Å²) < 4.78 is 11.0. The third kappa shape index (κ3) is 3.88. The molecule has 0 unspecified atom stereocenters. The Labute approximate surface area is 139 Å². The second kappa shape index (κ2) is 7.08. The average molecular weight is 339 g/mol. The van der Waals surface area contributed by atoms with Crippen molar-refractivity contribution >= 4 is 23.4 Å². The molecule has 23 heavy (non-hydrogen) atoms. The van der Waals surface area contributed by atoms with Crippen LogP contribution in [0.25, 0.3) is 0 Å². The van der Waals surface area contributed by atoms with Crippen LogP contribution < -0.4 is 14.8 Å². The predicted octanol–water partition coefficient (Wildman–Crippen LogP) is 1.74. The van der Waals surface area contributed by atoms with Gasteiger partial charge in [0.15, 0.2) is 11.5 Å². The summed E-state index contributed by atoms with van der Waals surface area (Å²) in [4.78, 5) is 25.3. The second-order valence-electron chi connectivity index (χ2n) is 5.65. The Morgan fingerprint density at radius 2 is 2.09 bits per heavy atom. The van der Waals surface area contributed by atoms with E-state index in [0.717, 1.165) is 18.4 Å². The molecular formula is C16H19ClN2O4. The van der Waals surface area contributed by atoms with Crippen molar-refractivity contribution in [2.24, 2.45) is 0 Å². The van der Waals surface area contributed by atoms with Gasteiger partial charge in [-0.25, -0.2) is 0 Å². The third-order valence-corrected chi connectivity index (χ3v) is 4.18. The maximum Gasteiger partial charge on any atom is 0.239 e. The predicted molar refractivity (Wildman–Crippen MR) is 84.7 cm³/mol. The third-order valence-electron chi connectivity index (χ3n) is 3.90. The van der Waals surface area contributed by atoms with Crippen LogP contribution in [0, 0.1) is 0 Å². The van der Waals surface area contributed by atoms with Crippen LogP contribution in [-0.4, -0.2) is 43.0 Å². The molecule has 0 spiro atoms. The SMILES string of the molecule is O=C(CN1CCCCC1=O)NCc1cc(Cl)c2c(c1)OCCO2. The Bertz CT molecular complexity index is 620. The average Bonchev–Trinajstić information content (AvgIpc) is 2.55. The fourth-order valence-corrected chi connectivity index (χ4v) is 3.01. The number of carbonyl (C=O) groups excluding carboxylic acids is 2. The molecule has 7 heteroatoms. The lowest BCUT2D eigenvalue weighted by Crippen LogP contribution is -2.42. The molecule has 2 aliphatic heterocycles. The fourth-order valence-electron chi connectivity index (χ4n) is 2.73. The van der Waals surface area contributed by atoms with Crippen molar-refractivity contribution < 1.29 is 19.1 Å². The standard InChI is InChI=1S/C16H19ClN2O4/c17-12-7-11(8-13-16(12)23-6-5-22-13)9-18-14(20)10-19-4-2-1-3-15(19)21/h7-8H,1-6,9-10H2,(H,18,20). The Morgan fingerprint density at radius 1 is 1.26 bits per heavy atom. The minimum atomic E-state index is -0.175. The van der Waals surface area contributed by atoms with Crippen molar-refractivity contribution in [3.8, 4) is 11.5 Å². The quantitative estimate of drug-likeness (QED) is 0.908. The van der Waals surface area contributed by atoms with E-state index in [9.17, 15) is 9.59 Å². The van der Waals surface area contributed by atoms with Crippen LogP contribution in [0.4, 0.5) is 0 Å². The summed E-state index contributed by atoms with van der Waals surface area (Å²) in [6, 6.07) is 3.56. The van der Waals surface area contributed by atoms with E-state index >= 15 is 0 Å². The molecule has 124 valence electrons. The normalized spacial score (nSPS) is 17.1. The number of benzene rings is 1. The molecule has 0 atom stereocenters. The molecule has 6 nitrogen and oxygen atoms in total. The highest BCUT2D eigenvalue weighted by atomic mass is 35.5. The van der Waals surface area contributed by atoms with E-state index in [0.29, 0.717) is 49.2 Å². The van der Waals surface area contributed by atoms with Gasteiger partial charge in [0.1, 0.15) is 13.2 Å². The van der Waals surface area contributed by atoms with Crippen molar-refractivity contribution in [1.29, 1.82) is 0 Å². The number of likely N-dealkylation sites (tertiary alicyclic amines) is 1. The van der Waals surface area contributed by atoms with E-state index in [1.807, 2.05) is 6.07 Å². The molecule has 2 amide bonds. The van der Waals surface area contributed by atoms with Gasteiger partial charge in [0, 0.05) is 19.5 Å². The number of piperidine rings is 1. The zero-order chi connectivity index (χ0) is 16.2. The molecular weight excluding hydrogens is 320 g/mol. The van der Waals surface area contributed by atoms with Crippen molar-refractivity contribution in [3.63, 3.8) is 0 Å². The molecule has 0 radical (unpaired) electrons. The fraction of sp³-hybridized carbons (Fsp3) is 0.500. The summed E-state index contributed by atoms with van der Waals surface area (Å²) >= 11 is 6.17. The van der Waals surface area contributed by atoms with Crippen LogP contribution in [0.3, 0.4) is 0 Å². The van der Waals surface area contributed by atoms with E-state index in [4.69, 9.17) is 21.1 Å². The van der Waals surface area contributed by atoms with Gasteiger partial charge >= 0.3 is 0 Å². The molecule has 3 rings (SSSR count). The maximum atomic E-state index is 12.0. The smallest absolute Gasteiger partial charge is 0.239 e. The maximum absolute atomic E-state index is 12.0. The molecule has 0 saturated carbocycles.